The third kappa shape index (κ3) is 3.28. The van der Waals surface area contributed by atoms with Gasteiger partial charge < -0.3 is 20.6 Å². The van der Waals surface area contributed by atoms with Gasteiger partial charge in [-0.2, -0.15) is 4.98 Å². The Morgan fingerprint density at radius 2 is 2.20 bits per heavy atom. The molecule has 9 nitrogen and oxygen atoms in total. The van der Waals surface area contributed by atoms with Gasteiger partial charge in [-0.1, -0.05) is 0 Å². The second-order valence-electron chi connectivity index (χ2n) is 5.77. The summed E-state index contributed by atoms with van der Waals surface area (Å²) < 4.78 is 1.67. The molecule has 4 rings (SSSR count). The van der Waals surface area contributed by atoms with E-state index in [1.54, 1.807) is 29.1 Å². The van der Waals surface area contributed by atoms with Gasteiger partial charge in [0.1, 0.15) is 11.2 Å². The van der Waals surface area contributed by atoms with E-state index in [-0.39, 0.29) is 35.6 Å². The van der Waals surface area contributed by atoms with Crippen molar-refractivity contribution in [2.24, 2.45) is 0 Å². The second kappa shape index (κ2) is 7.08. The molecule has 1 atom stereocenters. The third-order valence-electron chi connectivity index (χ3n) is 4.16. The molecular weight excluding hydrogens is 346 g/mol. The van der Waals surface area contributed by atoms with E-state index < -0.39 is 0 Å². The number of nitrogens with zero attached hydrogens (tertiary/aromatic N) is 3. The molecule has 0 bridgehead atoms. The van der Waals surface area contributed by atoms with Crippen LogP contribution in [0.4, 0.5) is 11.6 Å². The van der Waals surface area contributed by atoms with Gasteiger partial charge >= 0.3 is 5.69 Å². The summed E-state index contributed by atoms with van der Waals surface area (Å²) in [5.74, 6) is 0.274. The van der Waals surface area contributed by atoms with Crippen molar-refractivity contribution in [3.63, 3.8) is 0 Å². The van der Waals surface area contributed by atoms with E-state index in [2.05, 4.69) is 30.6 Å². The largest absolute Gasteiger partial charge is 0.328 e. The number of piperidine rings is 1. The number of aromatic amines is 2. The van der Waals surface area contributed by atoms with Gasteiger partial charge in [0.15, 0.2) is 5.65 Å². The summed E-state index contributed by atoms with van der Waals surface area (Å²) >= 11 is 0. The molecule has 3 aromatic rings. The molecule has 1 aliphatic rings. The zero-order valence-electron chi connectivity index (χ0n) is 13.3. The van der Waals surface area contributed by atoms with E-state index in [0.29, 0.717) is 16.9 Å². The van der Waals surface area contributed by atoms with E-state index in [1.165, 1.54) is 0 Å². The molecule has 0 radical (unpaired) electrons. The van der Waals surface area contributed by atoms with Crippen LogP contribution in [0, 0.1) is 0 Å². The minimum absolute atomic E-state index is 0. The van der Waals surface area contributed by atoms with E-state index in [1.807, 2.05) is 0 Å². The molecule has 1 saturated heterocycles. The van der Waals surface area contributed by atoms with Crippen LogP contribution < -0.4 is 21.9 Å². The number of nitrogens with one attached hydrogen (secondary N) is 4. The Morgan fingerprint density at radius 1 is 1.32 bits per heavy atom. The van der Waals surface area contributed by atoms with Gasteiger partial charge in [-0.15, -0.1) is 12.4 Å². The first kappa shape index (κ1) is 17.2. The van der Waals surface area contributed by atoms with Crippen LogP contribution >= 0.6 is 12.4 Å². The fraction of sp³-hybridized carbons (Fsp3) is 0.333. The number of halogens is 1. The van der Waals surface area contributed by atoms with Crippen LogP contribution in [0.5, 0.6) is 0 Å². The molecule has 10 heteroatoms. The summed E-state index contributed by atoms with van der Waals surface area (Å²) in [5, 5.41) is 6.19. The average molecular weight is 364 g/mol. The number of fused-ring (bicyclic) bond motifs is 1. The summed E-state index contributed by atoms with van der Waals surface area (Å²) in [6.07, 6.45) is 5.04. The number of aromatic nitrogens is 5. The van der Waals surface area contributed by atoms with Crippen molar-refractivity contribution in [1.82, 2.24) is 29.8 Å². The SMILES string of the molecule is Cl.O=c1[nH]cccc1Nc1ncc2[nH]c(=O)n([C@H]3CCCNC3)c2n1. The number of imidazole rings is 1. The lowest BCUT2D eigenvalue weighted by Gasteiger charge is -2.23. The number of rotatable bonds is 3. The normalized spacial score (nSPS) is 17.2. The Labute approximate surface area is 148 Å². The van der Waals surface area contributed by atoms with Crippen LogP contribution in [-0.2, 0) is 0 Å². The molecule has 0 unspecified atom stereocenters. The van der Waals surface area contributed by atoms with Crippen molar-refractivity contribution < 1.29 is 0 Å². The molecule has 3 aromatic heterocycles. The van der Waals surface area contributed by atoms with Crippen molar-refractivity contribution in [3.8, 4) is 0 Å². The van der Waals surface area contributed by atoms with Crippen LogP contribution in [-0.4, -0.2) is 37.6 Å². The molecule has 25 heavy (non-hydrogen) atoms. The van der Waals surface area contributed by atoms with Gasteiger partial charge in [-0.3, -0.25) is 9.36 Å². The maximum Gasteiger partial charge on any atom is 0.328 e. The summed E-state index contributed by atoms with van der Waals surface area (Å²) in [7, 11) is 0. The minimum atomic E-state index is -0.260. The van der Waals surface area contributed by atoms with Gasteiger partial charge in [0.25, 0.3) is 5.56 Å². The minimum Gasteiger partial charge on any atom is -0.327 e. The Morgan fingerprint density at radius 3 is 2.96 bits per heavy atom. The van der Waals surface area contributed by atoms with Gasteiger partial charge in [0.05, 0.1) is 12.2 Å². The lowest BCUT2D eigenvalue weighted by molar-refractivity contribution is 0.370. The first-order valence-electron chi connectivity index (χ1n) is 7.85. The highest BCUT2D eigenvalue weighted by Crippen LogP contribution is 2.20. The van der Waals surface area contributed by atoms with Gasteiger partial charge in [-0.25, -0.2) is 9.78 Å². The van der Waals surface area contributed by atoms with E-state index in [4.69, 9.17) is 0 Å². The average Bonchev–Trinajstić information content (AvgIpc) is 2.93. The van der Waals surface area contributed by atoms with Crippen molar-refractivity contribution in [2.75, 3.05) is 18.4 Å². The van der Waals surface area contributed by atoms with Gasteiger partial charge in [0.2, 0.25) is 5.95 Å². The number of H-pyrrole nitrogens is 2. The zero-order valence-corrected chi connectivity index (χ0v) is 14.1. The first-order chi connectivity index (χ1) is 11.7. The van der Waals surface area contributed by atoms with Crippen molar-refractivity contribution in [3.05, 3.63) is 45.4 Å². The summed E-state index contributed by atoms with van der Waals surface area (Å²) in [6, 6.07) is 3.41. The van der Waals surface area contributed by atoms with Gasteiger partial charge in [-0.05, 0) is 31.5 Å². The molecule has 1 fully saturated rings. The highest BCUT2D eigenvalue weighted by molar-refractivity contribution is 5.85. The Balaban J connectivity index is 0.00000182. The highest BCUT2D eigenvalue weighted by atomic mass is 35.5. The molecular formula is C15H18ClN7O2. The lowest BCUT2D eigenvalue weighted by atomic mass is 10.1. The highest BCUT2D eigenvalue weighted by Gasteiger charge is 2.21. The van der Waals surface area contributed by atoms with E-state index in [0.717, 1.165) is 25.9 Å². The Kier molecular flexibility index (Phi) is 4.86. The van der Waals surface area contributed by atoms with Crippen molar-refractivity contribution in [1.29, 1.82) is 0 Å². The maximum atomic E-state index is 12.3. The molecule has 0 spiro atoms. The van der Waals surface area contributed by atoms with E-state index in [9.17, 15) is 9.59 Å². The number of pyridine rings is 1. The molecule has 0 amide bonds. The number of anilines is 2. The van der Waals surface area contributed by atoms with Crippen LogP contribution in [0.3, 0.4) is 0 Å². The Bertz CT molecular complexity index is 987. The quantitative estimate of drug-likeness (QED) is 0.548. The van der Waals surface area contributed by atoms with Crippen molar-refractivity contribution in [2.45, 2.75) is 18.9 Å². The maximum absolute atomic E-state index is 12.3. The number of hydrogen-bond donors (Lipinski definition) is 4. The summed E-state index contributed by atoms with van der Waals surface area (Å²) in [4.78, 5) is 38.0. The molecule has 0 saturated carbocycles. The predicted molar refractivity (Wildman–Crippen MR) is 96.9 cm³/mol. The third-order valence-corrected chi connectivity index (χ3v) is 4.16. The molecule has 0 aliphatic carbocycles. The first-order valence-corrected chi connectivity index (χ1v) is 7.85. The van der Waals surface area contributed by atoms with Crippen LogP contribution in [0.15, 0.2) is 34.1 Å². The van der Waals surface area contributed by atoms with Crippen molar-refractivity contribution >= 4 is 35.2 Å². The fourth-order valence-electron chi connectivity index (χ4n) is 3.01. The van der Waals surface area contributed by atoms with Gasteiger partial charge in [0, 0.05) is 12.7 Å². The monoisotopic (exact) mass is 363 g/mol. The lowest BCUT2D eigenvalue weighted by Crippen LogP contribution is -2.35. The Hall–Kier alpha value is -2.65. The standard InChI is InChI=1S/C15H17N7O2.ClH/c23-13-10(4-2-6-17-13)19-14-18-8-11-12(21-14)22(15(24)20-11)9-3-1-5-16-7-9;/h2,4,6,8-9,16H,1,3,5,7H2,(H,17,23)(H,20,24)(H,18,19,21);1H/t9-;/m0./s1. The smallest absolute Gasteiger partial charge is 0.327 e. The molecule has 132 valence electrons. The fourth-order valence-corrected chi connectivity index (χ4v) is 3.01. The molecule has 4 heterocycles. The topological polar surface area (TPSA) is 120 Å². The molecule has 0 aromatic carbocycles. The van der Waals surface area contributed by atoms with Crippen LogP contribution in [0.25, 0.3) is 11.2 Å². The predicted octanol–water partition coefficient (Wildman–Crippen LogP) is 0.898. The number of hydrogen-bond acceptors (Lipinski definition) is 6. The van der Waals surface area contributed by atoms with E-state index >= 15 is 0 Å². The molecule has 4 N–H and O–H groups in total. The van der Waals surface area contributed by atoms with Crippen LogP contribution in [0.1, 0.15) is 18.9 Å². The second-order valence-corrected chi connectivity index (χ2v) is 5.77. The summed E-state index contributed by atoms with van der Waals surface area (Å²) in [6.45, 7) is 1.70. The zero-order chi connectivity index (χ0) is 16.5. The summed E-state index contributed by atoms with van der Waals surface area (Å²) in [5.41, 5.74) is 1.02. The molecule has 1 aliphatic heterocycles. The van der Waals surface area contributed by atoms with Crippen LogP contribution in [0.2, 0.25) is 0 Å².